The van der Waals surface area contributed by atoms with Crippen molar-refractivity contribution in [2.24, 2.45) is 5.73 Å². The van der Waals surface area contributed by atoms with Gasteiger partial charge in [-0.05, 0) is 17.5 Å². The van der Waals surface area contributed by atoms with E-state index >= 15 is 0 Å². The molecule has 0 spiro atoms. The molecule has 0 aliphatic carbocycles. The lowest BCUT2D eigenvalue weighted by Gasteiger charge is -2.19. The topological polar surface area (TPSA) is 110 Å². The molecule has 1 heterocycles. The zero-order valence-electron chi connectivity index (χ0n) is 9.50. The lowest BCUT2D eigenvalue weighted by molar-refractivity contribution is -0.138. The van der Waals surface area contributed by atoms with Crippen molar-refractivity contribution in [2.75, 3.05) is 0 Å². The quantitative estimate of drug-likeness (QED) is 0.558. The van der Waals surface area contributed by atoms with Crippen molar-refractivity contribution in [1.82, 2.24) is 0 Å². The highest BCUT2D eigenvalue weighted by Gasteiger charge is 2.31. The summed E-state index contributed by atoms with van der Waals surface area (Å²) in [6, 6.07) is 4.01. The molecule has 0 radical (unpaired) electrons. The summed E-state index contributed by atoms with van der Waals surface area (Å²) in [6.45, 7) is 0. The third kappa shape index (κ3) is 2.52. The van der Waals surface area contributed by atoms with Crippen LogP contribution in [0.5, 0.6) is 0 Å². The van der Waals surface area contributed by atoms with E-state index in [1.807, 2.05) is 0 Å². The zero-order chi connectivity index (χ0) is 13.3. The summed E-state index contributed by atoms with van der Waals surface area (Å²) < 4.78 is 4.69. The number of rotatable bonds is 3. The van der Waals surface area contributed by atoms with Crippen molar-refractivity contribution in [3.63, 3.8) is 0 Å². The standard InChI is InChI=1S/C11H12BNO5/c13-9(11(15)16)4-6-1-2-7-5-10(14)18-12(17)8(7)3-6/h1-3,9,17H,4-5,13H2,(H,15,16). The molecule has 0 bridgehead atoms. The highest BCUT2D eigenvalue weighted by atomic mass is 16.6. The molecule has 1 aromatic rings. The molecule has 1 aromatic carbocycles. The predicted molar refractivity (Wildman–Crippen MR) is 63.2 cm³/mol. The van der Waals surface area contributed by atoms with Gasteiger partial charge in [0, 0.05) is 5.46 Å². The molecular weight excluding hydrogens is 237 g/mol. The Bertz CT molecular complexity index is 504. The van der Waals surface area contributed by atoms with Gasteiger partial charge >= 0.3 is 13.1 Å². The maximum atomic E-state index is 11.1. The maximum absolute atomic E-state index is 11.1. The van der Waals surface area contributed by atoms with E-state index in [4.69, 9.17) is 10.8 Å². The largest absolute Gasteiger partial charge is 0.562 e. The van der Waals surface area contributed by atoms with Crippen LogP contribution in [-0.4, -0.2) is 35.2 Å². The summed E-state index contributed by atoms with van der Waals surface area (Å²) in [5.41, 5.74) is 7.29. The molecule has 1 unspecified atom stereocenters. The number of fused-ring (bicyclic) bond motifs is 1. The van der Waals surface area contributed by atoms with E-state index in [2.05, 4.69) is 4.65 Å². The molecule has 0 fully saturated rings. The van der Waals surface area contributed by atoms with Gasteiger partial charge in [-0.2, -0.15) is 0 Å². The van der Waals surface area contributed by atoms with Crippen LogP contribution < -0.4 is 11.2 Å². The Hall–Kier alpha value is -1.86. The van der Waals surface area contributed by atoms with E-state index in [0.717, 1.165) is 0 Å². The molecular formula is C11H12BNO5. The van der Waals surface area contributed by atoms with Gasteiger partial charge in [-0.25, -0.2) is 0 Å². The third-order valence-corrected chi connectivity index (χ3v) is 2.83. The fourth-order valence-electron chi connectivity index (χ4n) is 1.89. The Morgan fingerprint density at radius 2 is 2.28 bits per heavy atom. The second-order valence-electron chi connectivity index (χ2n) is 4.20. The first-order valence-corrected chi connectivity index (χ1v) is 5.45. The predicted octanol–water partition coefficient (Wildman–Crippen LogP) is -1.57. The number of benzene rings is 1. The second kappa shape index (κ2) is 4.79. The van der Waals surface area contributed by atoms with Gasteiger partial charge in [0.1, 0.15) is 6.04 Å². The minimum atomic E-state index is -1.29. The van der Waals surface area contributed by atoms with Gasteiger partial charge < -0.3 is 20.5 Å². The molecule has 18 heavy (non-hydrogen) atoms. The van der Waals surface area contributed by atoms with E-state index in [1.54, 1.807) is 18.2 Å². The van der Waals surface area contributed by atoms with Gasteiger partial charge in [0.15, 0.2) is 0 Å². The molecule has 0 amide bonds. The molecule has 0 aromatic heterocycles. The fraction of sp³-hybridized carbons (Fsp3) is 0.273. The Balaban J connectivity index is 2.24. The Kier molecular flexibility index (Phi) is 3.35. The normalized spacial score (nSPS) is 15.9. The van der Waals surface area contributed by atoms with Gasteiger partial charge in [0.2, 0.25) is 0 Å². The molecule has 1 aliphatic rings. The molecule has 4 N–H and O–H groups in total. The third-order valence-electron chi connectivity index (χ3n) is 2.83. The van der Waals surface area contributed by atoms with Gasteiger partial charge in [-0.1, -0.05) is 18.2 Å². The molecule has 1 atom stereocenters. The van der Waals surface area contributed by atoms with E-state index in [9.17, 15) is 14.6 Å². The van der Waals surface area contributed by atoms with Crippen LogP contribution in [0.25, 0.3) is 0 Å². The SMILES string of the molecule is NC(Cc1ccc2c(c1)B(O)OC(=O)C2)C(=O)O. The average molecular weight is 249 g/mol. The van der Waals surface area contributed by atoms with E-state index in [0.29, 0.717) is 16.6 Å². The summed E-state index contributed by atoms with van der Waals surface area (Å²) in [7, 11) is -1.29. The minimum Gasteiger partial charge on any atom is -0.506 e. The maximum Gasteiger partial charge on any atom is 0.562 e. The molecule has 0 saturated carbocycles. The number of hydrogen-bond donors (Lipinski definition) is 3. The first-order chi connectivity index (χ1) is 8.47. The molecule has 94 valence electrons. The molecule has 1 aliphatic heterocycles. The summed E-state index contributed by atoms with van der Waals surface area (Å²) >= 11 is 0. The van der Waals surface area contributed by atoms with Gasteiger partial charge in [-0.15, -0.1) is 0 Å². The first kappa shape index (κ1) is 12.6. The fourth-order valence-corrected chi connectivity index (χ4v) is 1.89. The second-order valence-corrected chi connectivity index (χ2v) is 4.20. The van der Waals surface area contributed by atoms with E-state index in [1.165, 1.54) is 0 Å². The summed E-state index contributed by atoms with van der Waals surface area (Å²) in [6.07, 6.45) is 0.265. The van der Waals surface area contributed by atoms with Crippen LogP contribution in [0.1, 0.15) is 11.1 Å². The number of hydrogen-bond acceptors (Lipinski definition) is 5. The molecule has 6 nitrogen and oxygen atoms in total. The number of carbonyl (C=O) groups excluding carboxylic acids is 1. The van der Waals surface area contributed by atoms with Crippen molar-refractivity contribution in [1.29, 1.82) is 0 Å². The van der Waals surface area contributed by atoms with Gasteiger partial charge in [0.25, 0.3) is 5.97 Å². The Morgan fingerprint density at radius 3 is 2.94 bits per heavy atom. The Labute approximate surface area is 104 Å². The number of carboxylic acid groups (broad SMARTS) is 1. The number of aliphatic carboxylic acids is 1. The van der Waals surface area contributed by atoms with Crippen LogP contribution in [0.15, 0.2) is 18.2 Å². The van der Waals surface area contributed by atoms with Crippen molar-refractivity contribution < 1.29 is 24.4 Å². The van der Waals surface area contributed by atoms with Crippen LogP contribution >= 0.6 is 0 Å². The van der Waals surface area contributed by atoms with Crippen molar-refractivity contribution in [2.45, 2.75) is 18.9 Å². The zero-order valence-corrected chi connectivity index (χ0v) is 9.50. The first-order valence-electron chi connectivity index (χ1n) is 5.45. The van der Waals surface area contributed by atoms with Crippen LogP contribution in [-0.2, 0) is 27.1 Å². The molecule has 2 rings (SSSR count). The van der Waals surface area contributed by atoms with Crippen LogP contribution in [0.2, 0.25) is 0 Å². The number of carbonyl (C=O) groups is 2. The van der Waals surface area contributed by atoms with E-state index < -0.39 is 25.1 Å². The highest BCUT2D eigenvalue weighted by Crippen LogP contribution is 2.11. The number of carboxylic acids is 1. The van der Waals surface area contributed by atoms with Crippen LogP contribution in [0, 0.1) is 0 Å². The van der Waals surface area contributed by atoms with Gasteiger partial charge in [0.05, 0.1) is 6.42 Å². The van der Waals surface area contributed by atoms with Crippen molar-refractivity contribution in [3.8, 4) is 0 Å². The lowest BCUT2D eigenvalue weighted by Crippen LogP contribution is -2.44. The number of nitrogens with two attached hydrogens (primary N) is 1. The van der Waals surface area contributed by atoms with Gasteiger partial charge in [-0.3, -0.25) is 9.59 Å². The van der Waals surface area contributed by atoms with Crippen LogP contribution in [0.4, 0.5) is 0 Å². The molecule has 7 heteroatoms. The van der Waals surface area contributed by atoms with Crippen molar-refractivity contribution >= 4 is 24.5 Å². The van der Waals surface area contributed by atoms with Crippen molar-refractivity contribution in [3.05, 3.63) is 29.3 Å². The summed E-state index contributed by atoms with van der Waals surface area (Å²) in [5, 5.41) is 18.3. The highest BCUT2D eigenvalue weighted by molar-refractivity contribution is 6.63. The smallest absolute Gasteiger partial charge is 0.506 e. The average Bonchev–Trinajstić information content (AvgIpc) is 2.29. The van der Waals surface area contributed by atoms with Crippen LogP contribution in [0.3, 0.4) is 0 Å². The van der Waals surface area contributed by atoms with E-state index in [-0.39, 0.29) is 12.8 Å². The Morgan fingerprint density at radius 1 is 1.56 bits per heavy atom. The monoisotopic (exact) mass is 249 g/mol. The summed E-state index contributed by atoms with van der Waals surface area (Å²) in [5.74, 6) is -1.57. The lowest BCUT2D eigenvalue weighted by atomic mass is 9.72. The molecule has 0 saturated heterocycles. The minimum absolute atomic E-state index is 0.109. The summed E-state index contributed by atoms with van der Waals surface area (Å²) in [4.78, 5) is 21.8.